The van der Waals surface area contributed by atoms with Crippen LogP contribution >= 0.6 is 0 Å². The minimum absolute atomic E-state index is 0.0174. The highest BCUT2D eigenvalue weighted by Crippen LogP contribution is 2.43. The van der Waals surface area contributed by atoms with E-state index >= 15 is 0 Å². The summed E-state index contributed by atoms with van der Waals surface area (Å²) < 4.78 is 7.91. The molecule has 0 saturated carbocycles. The molecule has 0 amide bonds. The van der Waals surface area contributed by atoms with Crippen molar-refractivity contribution in [2.75, 3.05) is 38.2 Å². The third-order valence-corrected chi connectivity index (χ3v) is 7.34. The summed E-state index contributed by atoms with van der Waals surface area (Å²) in [5, 5.41) is 4.68. The predicted octanol–water partition coefficient (Wildman–Crippen LogP) is 6.07. The van der Waals surface area contributed by atoms with Crippen LogP contribution in [0.1, 0.15) is 42.4 Å². The van der Waals surface area contributed by atoms with Crippen LogP contribution in [0.4, 0.5) is 5.69 Å². The van der Waals surface area contributed by atoms with Crippen LogP contribution < -0.4 is 9.64 Å². The van der Waals surface area contributed by atoms with E-state index in [4.69, 9.17) is 9.72 Å². The Hall–Kier alpha value is -3.90. The second-order valence-corrected chi connectivity index (χ2v) is 9.55. The molecule has 1 aliphatic carbocycles. The molecular weight excluding hydrogens is 482 g/mol. The van der Waals surface area contributed by atoms with Crippen molar-refractivity contribution in [2.24, 2.45) is 0 Å². The number of hydrogen-bond donors (Lipinski definition) is 0. The van der Waals surface area contributed by atoms with Crippen molar-refractivity contribution >= 4 is 11.3 Å². The average Bonchev–Trinajstić information content (AvgIpc) is 3.76. The second-order valence-electron chi connectivity index (χ2n) is 9.55. The molecule has 1 fully saturated rings. The van der Waals surface area contributed by atoms with Crippen molar-refractivity contribution in [1.29, 1.82) is 0 Å². The Bertz CT molecular complexity index is 1360. The molecule has 39 heavy (non-hydrogen) atoms. The van der Waals surface area contributed by atoms with E-state index in [1.54, 1.807) is 13.4 Å². The molecule has 2 aliphatic rings. The van der Waals surface area contributed by atoms with Gasteiger partial charge in [0.05, 0.1) is 13.2 Å². The molecule has 0 N–H and O–H groups in total. The minimum atomic E-state index is -0.0174. The van der Waals surface area contributed by atoms with Gasteiger partial charge in [0.15, 0.2) is 0 Å². The molecule has 1 aromatic heterocycles. The SMILES string of the molecule is CC.COc1cccc(C(c2ncnn2CCc2ccccc2)N2CCN(c3ccccc3)CC2)c1C1=C[CH]1. The molecule has 4 aromatic rings. The van der Waals surface area contributed by atoms with Crippen LogP contribution in [0.3, 0.4) is 0 Å². The van der Waals surface area contributed by atoms with Gasteiger partial charge in [-0.15, -0.1) is 0 Å². The predicted molar refractivity (Wildman–Crippen MR) is 159 cm³/mol. The number of hydrogen-bond acceptors (Lipinski definition) is 5. The molecule has 1 saturated heterocycles. The molecule has 201 valence electrons. The number of rotatable bonds is 9. The first-order chi connectivity index (χ1) is 19.3. The third kappa shape index (κ3) is 6.07. The molecule has 0 spiro atoms. The summed E-state index contributed by atoms with van der Waals surface area (Å²) in [6.07, 6.45) is 6.93. The number of nitrogens with zero attached hydrogens (tertiary/aromatic N) is 5. The largest absolute Gasteiger partial charge is 0.496 e. The summed E-state index contributed by atoms with van der Waals surface area (Å²) in [5.74, 6) is 1.89. The van der Waals surface area contributed by atoms with Gasteiger partial charge in [-0.3, -0.25) is 4.90 Å². The number of anilines is 1. The first-order valence-corrected chi connectivity index (χ1v) is 14.0. The Kier molecular flexibility index (Phi) is 8.74. The first-order valence-electron chi connectivity index (χ1n) is 14.0. The molecule has 6 rings (SSSR count). The van der Waals surface area contributed by atoms with E-state index in [0.29, 0.717) is 0 Å². The lowest BCUT2D eigenvalue weighted by molar-refractivity contribution is 0.200. The highest BCUT2D eigenvalue weighted by Gasteiger charge is 2.34. The maximum Gasteiger partial charge on any atom is 0.148 e. The van der Waals surface area contributed by atoms with E-state index < -0.39 is 0 Å². The van der Waals surface area contributed by atoms with Crippen LogP contribution in [0, 0.1) is 6.42 Å². The van der Waals surface area contributed by atoms with Gasteiger partial charge in [0, 0.05) is 50.4 Å². The fraction of sp³-hybridized carbons (Fsp3) is 0.303. The Morgan fingerprint density at radius 2 is 1.54 bits per heavy atom. The summed E-state index contributed by atoms with van der Waals surface area (Å²) in [6, 6.07) is 27.6. The number of ether oxygens (including phenoxy) is 1. The van der Waals surface area contributed by atoms with Crippen LogP contribution in [-0.2, 0) is 13.0 Å². The average molecular weight is 521 g/mol. The number of allylic oxidation sites excluding steroid dienone is 2. The molecule has 0 bridgehead atoms. The normalized spacial score (nSPS) is 15.7. The Morgan fingerprint density at radius 1 is 0.846 bits per heavy atom. The zero-order chi connectivity index (χ0) is 27.0. The lowest BCUT2D eigenvalue weighted by atomic mass is 9.94. The number of benzene rings is 3. The van der Waals surface area contributed by atoms with E-state index in [1.165, 1.54) is 22.4 Å². The van der Waals surface area contributed by atoms with Crippen LogP contribution in [0.15, 0.2) is 91.3 Å². The molecule has 1 atom stereocenters. The number of methoxy groups -OCH3 is 1. The maximum atomic E-state index is 5.82. The van der Waals surface area contributed by atoms with Crippen molar-refractivity contribution in [3.63, 3.8) is 0 Å². The Balaban J connectivity index is 0.00000151. The molecule has 3 aromatic carbocycles. The summed E-state index contributed by atoms with van der Waals surface area (Å²) in [6.45, 7) is 8.59. The number of para-hydroxylation sites is 1. The maximum absolute atomic E-state index is 5.82. The molecular formula is C33H38N5O. The van der Waals surface area contributed by atoms with Crippen LogP contribution in [0.25, 0.3) is 5.57 Å². The minimum Gasteiger partial charge on any atom is -0.496 e. The lowest BCUT2D eigenvalue weighted by Gasteiger charge is -2.40. The summed E-state index contributed by atoms with van der Waals surface area (Å²) in [4.78, 5) is 9.89. The molecule has 1 aliphatic heterocycles. The van der Waals surface area contributed by atoms with Gasteiger partial charge in [0.1, 0.15) is 17.9 Å². The van der Waals surface area contributed by atoms with Gasteiger partial charge in [0.25, 0.3) is 0 Å². The van der Waals surface area contributed by atoms with Crippen LogP contribution in [0.2, 0.25) is 0 Å². The fourth-order valence-electron chi connectivity index (χ4n) is 5.38. The molecule has 6 nitrogen and oxygen atoms in total. The summed E-state index contributed by atoms with van der Waals surface area (Å²) in [7, 11) is 1.75. The third-order valence-electron chi connectivity index (χ3n) is 7.34. The quantitative estimate of drug-likeness (QED) is 0.268. The van der Waals surface area contributed by atoms with Crippen molar-refractivity contribution < 1.29 is 4.74 Å². The van der Waals surface area contributed by atoms with Gasteiger partial charge in [0.2, 0.25) is 0 Å². The summed E-state index contributed by atoms with van der Waals surface area (Å²) in [5.41, 5.74) is 6.21. The standard InChI is InChI=1S/C31H32N5O.C2H6/c1-37-28-14-8-13-27(29(28)25-15-16-25)30(35-21-19-34(20-22-35)26-11-6-3-7-12-26)31-32-23-33-36(31)18-17-24-9-4-2-5-10-24;1-2/h2-16,23,30H,17-22H2,1H3;1-2H3. The van der Waals surface area contributed by atoms with Gasteiger partial charge >= 0.3 is 0 Å². The van der Waals surface area contributed by atoms with Crippen molar-refractivity contribution in [3.05, 3.63) is 120 Å². The highest BCUT2D eigenvalue weighted by atomic mass is 16.5. The van der Waals surface area contributed by atoms with Gasteiger partial charge in [-0.05, 0) is 41.3 Å². The monoisotopic (exact) mass is 520 g/mol. The summed E-state index contributed by atoms with van der Waals surface area (Å²) >= 11 is 0. The molecule has 1 unspecified atom stereocenters. The Labute approximate surface area is 232 Å². The van der Waals surface area contributed by atoms with E-state index in [-0.39, 0.29) is 6.04 Å². The van der Waals surface area contributed by atoms with Crippen molar-refractivity contribution in [2.45, 2.75) is 32.9 Å². The Morgan fingerprint density at radius 3 is 2.21 bits per heavy atom. The zero-order valence-corrected chi connectivity index (χ0v) is 23.2. The highest BCUT2D eigenvalue weighted by molar-refractivity contribution is 5.91. The topological polar surface area (TPSA) is 46.4 Å². The lowest BCUT2D eigenvalue weighted by Crippen LogP contribution is -2.48. The molecule has 1 radical (unpaired) electrons. The van der Waals surface area contributed by atoms with Gasteiger partial charge in [-0.1, -0.05) is 80.6 Å². The fourth-order valence-corrected chi connectivity index (χ4v) is 5.38. The van der Waals surface area contributed by atoms with Crippen molar-refractivity contribution in [1.82, 2.24) is 19.7 Å². The van der Waals surface area contributed by atoms with E-state index in [0.717, 1.165) is 56.3 Å². The van der Waals surface area contributed by atoms with Gasteiger partial charge < -0.3 is 9.64 Å². The van der Waals surface area contributed by atoms with Gasteiger partial charge in [-0.2, -0.15) is 5.10 Å². The molecule has 6 heteroatoms. The number of aromatic nitrogens is 3. The zero-order valence-electron chi connectivity index (χ0n) is 23.2. The van der Waals surface area contributed by atoms with E-state index in [2.05, 4.69) is 111 Å². The molecule has 2 heterocycles. The van der Waals surface area contributed by atoms with Crippen LogP contribution in [-0.4, -0.2) is 53.0 Å². The van der Waals surface area contributed by atoms with Crippen molar-refractivity contribution in [3.8, 4) is 5.75 Å². The van der Waals surface area contributed by atoms with Crippen LogP contribution in [0.5, 0.6) is 5.75 Å². The van der Waals surface area contributed by atoms with E-state index in [1.807, 2.05) is 13.8 Å². The van der Waals surface area contributed by atoms with Gasteiger partial charge in [-0.25, -0.2) is 9.67 Å². The van der Waals surface area contributed by atoms with E-state index in [9.17, 15) is 0 Å². The number of piperazine rings is 1. The first kappa shape index (κ1) is 26.7. The second kappa shape index (κ2) is 12.8. The smallest absolute Gasteiger partial charge is 0.148 e. The number of aryl methyl sites for hydroxylation is 2.